The number of piperidine rings is 1. The molecule has 28 heavy (non-hydrogen) atoms. The minimum atomic E-state index is 0.260. The van der Waals surface area contributed by atoms with Crippen LogP contribution in [-0.4, -0.2) is 43.9 Å². The lowest BCUT2D eigenvalue weighted by atomic mass is 9.85. The van der Waals surface area contributed by atoms with Gasteiger partial charge in [0.05, 0.1) is 12.7 Å². The van der Waals surface area contributed by atoms with Crippen LogP contribution in [0.15, 0.2) is 24.3 Å². The highest BCUT2D eigenvalue weighted by Crippen LogP contribution is 2.37. The zero-order valence-electron chi connectivity index (χ0n) is 18.2. The van der Waals surface area contributed by atoms with E-state index in [9.17, 15) is 0 Å². The van der Waals surface area contributed by atoms with Crippen LogP contribution in [0.25, 0.3) is 0 Å². The molecule has 1 heterocycles. The summed E-state index contributed by atoms with van der Waals surface area (Å²) in [6.45, 7) is 5.21. The number of ether oxygens (including phenoxy) is 2. The standard InChI is InChI=1S/C25H41NO2/c1-3-19-28-24-16-12-11-15-22(24)23-17-18-26(20-25(23)27-2)21-13-9-7-5-4-6-8-10-14-21/h11-12,15-16,21,23,25H,3-10,13-14,17-20H2,1-2H3. The molecule has 0 N–H and O–H groups in total. The third kappa shape index (κ3) is 5.97. The van der Waals surface area contributed by atoms with Crippen molar-refractivity contribution >= 4 is 0 Å². The van der Waals surface area contributed by atoms with Gasteiger partial charge in [-0.25, -0.2) is 0 Å². The van der Waals surface area contributed by atoms with Crippen LogP contribution in [0.5, 0.6) is 5.75 Å². The molecule has 3 nitrogen and oxygen atoms in total. The predicted molar refractivity (Wildman–Crippen MR) is 117 cm³/mol. The Morgan fingerprint density at radius 1 is 0.929 bits per heavy atom. The van der Waals surface area contributed by atoms with Gasteiger partial charge in [0.15, 0.2) is 0 Å². The molecule has 1 saturated carbocycles. The van der Waals surface area contributed by atoms with Crippen molar-refractivity contribution in [1.29, 1.82) is 0 Å². The van der Waals surface area contributed by atoms with Gasteiger partial charge >= 0.3 is 0 Å². The van der Waals surface area contributed by atoms with Gasteiger partial charge in [-0.15, -0.1) is 0 Å². The summed E-state index contributed by atoms with van der Waals surface area (Å²) in [6, 6.07) is 9.37. The molecule has 3 rings (SSSR count). The molecule has 2 atom stereocenters. The van der Waals surface area contributed by atoms with Gasteiger partial charge in [-0.2, -0.15) is 0 Å². The Bertz CT molecular complexity index is 551. The first-order valence-corrected chi connectivity index (χ1v) is 11.8. The molecule has 1 aliphatic carbocycles. The highest BCUT2D eigenvalue weighted by Gasteiger charge is 2.34. The molecule has 158 valence electrons. The maximum absolute atomic E-state index is 6.06. The second kappa shape index (κ2) is 11.8. The second-order valence-electron chi connectivity index (χ2n) is 8.76. The van der Waals surface area contributed by atoms with Gasteiger partial charge in [0.2, 0.25) is 0 Å². The summed E-state index contributed by atoms with van der Waals surface area (Å²) in [5, 5.41) is 0. The minimum Gasteiger partial charge on any atom is -0.493 e. The van der Waals surface area contributed by atoms with E-state index < -0.39 is 0 Å². The highest BCUT2D eigenvalue weighted by atomic mass is 16.5. The van der Waals surface area contributed by atoms with Gasteiger partial charge in [0.25, 0.3) is 0 Å². The van der Waals surface area contributed by atoms with Crippen molar-refractivity contribution in [3.63, 3.8) is 0 Å². The number of para-hydroxylation sites is 1. The molecule has 0 spiro atoms. The maximum Gasteiger partial charge on any atom is 0.122 e. The number of benzene rings is 1. The monoisotopic (exact) mass is 387 g/mol. The van der Waals surface area contributed by atoms with Crippen molar-refractivity contribution in [3.05, 3.63) is 29.8 Å². The molecule has 0 bridgehead atoms. The Kier molecular flexibility index (Phi) is 9.14. The summed E-state index contributed by atoms with van der Waals surface area (Å²) in [5.41, 5.74) is 1.34. The molecule has 0 radical (unpaired) electrons. The van der Waals surface area contributed by atoms with Gasteiger partial charge in [0.1, 0.15) is 5.75 Å². The van der Waals surface area contributed by atoms with Crippen LogP contribution >= 0.6 is 0 Å². The van der Waals surface area contributed by atoms with Crippen molar-refractivity contribution in [2.24, 2.45) is 0 Å². The van der Waals surface area contributed by atoms with Crippen LogP contribution in [0.2, 0.25) is 0 Å². The number of rotatable bonds is 6. The van der Waals surface area contributed by atoms with Crippen molar-refractivity contribution in [2.75, 3.05) is 26.8 Å². The molecule has 0 amide bonds. The third-order valence-electron chi connectivity index (χ3n) is 6.76. The molecular formula is C25H41NO2. The van der Waals surface area contributed by atoms with Crippen LogP contribution in [-0.2, 0) is 4.74 Å². The Hall–Kier alpha value is -1.06. The summed E-state index contributed by atoms with van der Waals surface area (Å²) in [7, 11) is 1.89. The zero-order chi connectivity index (χ0) is 19.6. The Morgan fingerprint density at radius 2 is 1.61 bits per heavy atom. The summed E-state index contributed by atoms with van der Waals surface area (Å²) < 4.78 is 12.1. The first-order valence-electron chi connectivity index (χ1n) is 11.8. The number of hydrogen-bond acceptors (Lipinski definition) is 3. The average molecular weight is 388 g/mol. The molecule has 1 aromatic carbocycles. The topological polar surface area (TPSA) is 21.7 Å². The summed E-state index contributed by atoms with van der Waals surface area (Å²) in [4.78, 5) is 2.75. The Morgan fingerprint density at radius 3 is 2.29 bits per heavy atom. The number of nitrogens with zero attached hydrogens (tertiary/aromatic N) is 1. The predicted octanol–water partition coefficient (Wildman–Crippen LogP) is 6.17. The zero-order valence-corrected chi connectivity index (χ0v) is 18.2. The number of methoxy groups -OCH3 is 1. The lowest BCUT2D eigenvalue weighted by Gasteiger charge is -2.42. The fourth-order valence-corrected chi connectivity index (χ4v) is 5.15. The molecule has 2 fully saturated rings. The quantitative estimate of drug-likeness (QED) is 0.582. The Labute approximate surface area is 172 Å². The van der Waals surface area contributed by atoms with Crippen molar-refractivity contribution in [3.8, 4) is 5.75 Å². The van der Waals surface area contributed by atoms with E-state index in [0.29, 0.717) is 5.92 Å². The highest BCUT2D eigenvalue weighted by molar-refractivity contribution is 5.37. The van der Waals surface area contributed by atoms with Crippen LogP contribution in [0.3, 0.4) is 0 Å². The van der Waals surface area contributed by atoms with Gasteiger partial charge in [-0.3, -0.25) is 4.90 Å². The van der Waals surface area contributed by atoms with E-state index in [1.54, 1.807) is 0 Å². The van der Waals surface area contributed by atoms with Crippen molar-refractivity contribution in [2.45, 2.75) is 95.6 Å². The molecule has 3 heteroatoms. The first-order chi connectivity index (χ1) is 13.8. The molecule has 2 unspecified atom stereocenters. The maximum atomic E-state index is 6.06. The average Bonchev–Trinajstić information content (AvgIpc) is 2.75. The summed E-state index contributed by atoms with van der Waals surface area (Å²) in [5.74, 6) is 1.50. The van der Waals surface area contributed by atoms with Crippen LogP contribution in [0, 0.1) is 0 Å². The summed E-state index contributed by atoms with van der Waals surface area (Å²) in [6.07, 6.45) is 15.2. The van der Waals surface area contributed by atoms with E-state index in [-0.39, 0.29) is 6.10 Å². The van der Waals surface area contributed by atoms with Gasteiger partial charge in [0, 0.05) is 25.6 Å². The summed E-state index contributed by atoms with van der Waals surface area (Å²) >= 11 is 0. The van der Waals surface area contributed by atoms with Gasteiger partial charge in [-0.05, 0) is 43.9 Å². The molecule has 0 aromatic heterocycles. The lowest BCUT2D eigenvalue weighted by molar-refractivity contribution is -0.00526. The van der Waals surface area contributed by atoms with Crippen LogP contribution < -0.4 is 4.74 Å². The normalized spacial score (nSPS) is 26.1. The van der Waals surface area contributed by atoms with E-state index in [1.165, 1.54) is 76.3 Å². The molecule has 1 aromatic rings. The first kappa shape index (κ1) is 21.6. The van der Waals surface area contributed by atoms with Gasteiger partial charge in [-0.1, -0.05) is 70.1 Å². The fourth-order valence-electron chi connectivity index (χ4n) is 5.15. The second-order valence-corrected chi connectivity index (χ2v) is 8.76. The van der Waals surface area contributed by atoms with E-state index in [4.69, 9.17) is 9.47 Å². The van der Waals surface area contributed by atoms with Gasteiger partial charge < -0.3 is 9.47 Å². The lowest BCUT2D eigenvalue weighted by Crippen LogP contribution is -2.48. The minimum absolute atomic E-state index is 0.260. The van der Waals surface area contributed by atoms with E-state index in [1.807, 2.05) is 7.11 Å². The van der Waals surface area contributed by atoms with Crippen molar-refractivity contribution < 1.29 is 9.47 Å². The number of hydrogen-bond donors (Lipinski definition) is 0. The van der Waals surface area contributed by atoms with E-state index in [0.717, 1.165) is 31.4 Å². The molecule has 1 aliphatic heterocycles. The van der Waals surface area contributed by atoms with Crippen molar-refractivity contribution in [1.82, 2.24) is 4.90 Å². The third-order valence-corrected chi connectivity index (χ3v) is 6.76. The smallest absolute Gasteiger partial charge is 0.122 e. The Balaban J connectivity index is 1.66. The van der Waals surface area contributed by atoms with E-state index >= 15 is 0 Å². The molecule has 1 saturated heterocycles. The van der Waals surface area contributed by atoms with Crippen LogP contribution in [0.4, 0.5) is 0 Å². The number of likely N-dealkylation sites (tertiary alicyclic amines) is 1. The molecule has 2 aliphatic rings. The fraction of sp³-hybridized carbons (Fsp3) is 0.760. The van der Waals surface area contributed by atoms with E-state index in [2.05, 4.69) is 36.1 Å². The van der Waals surface area contributed by atoms with Crippen LogP contribution in [0.1, 0.15) is 89.0 Å². The largest absolute Gasteiger partial charge is 0.493 e. The molecular weight excluding hydrogens is 346 g/mol. The SMILES string of the molecule is CCCOc1ccccc1C1CCN(C2CCCCCCCCC2)CC1OC.